The lowest BCUT2D eigenvalue weighted by Gasteiger charge is -1.88. The highest BCUT2D eigenvalue weighted by atomic mass is 32.2. The summed E-state index contributed by atoms with van der Waals surface area (Å²) in [5.74, 6) is -1.75. The molecule has 11 heavy (non-hydrogen) atoms. The Bertz CT molecular complexity index is 256. The zero-order valence-electron chi connectivity index (χ0n) is 6.14. The van der Waals surface area contributed by atoms with Crippen molar-refractivity contribution in [1.29, 1.82) is 0 Å². The Morgan fingerprint density at radius 1 is 1.09 bits per heavy atom. The lowest BCUT2D eigenvalue weighted by atomic mass is 10.7. The van der Waals surface area contributed by atoms with E-state index >= 15 is 0 Å². The molecule has 0 aromatic carbocycles. The Balaban J connectivity index is 4.80. The quantitative estimate of drug-likeness (QED) is 0.655. The van der Waals surface area contributed by atoms with E-state index < -0.39 is 21.5 Å². The normalized spacial score (nSPS) is 15.3. The maximum atomic E-state index is 12.0. The molecule has 0 radical (unpaired) electrons. The van der Waals surface area contributed by atoms with Crippen molar-refractivity contribution >= 4 is 9.84 Å². The molecule has 0 aromatic rings. The Kier molecular flexibility index (Phi) is 3.38. The lowest BCUT2D eigenvalue weighted by molar-refractivity contribution is 0.602. The number of halogens is 2. The van der Waals surface area contributed by atoms with Crippen LogP contribution < -0.4 is 0 Å². The fraction of sp³-hybridized carbons (Fsp3) is 0.333. The van der Waals surface area contributed by atoms with Crippen molar-refractivity contribution in [2.24, 2.45) is 0 Å². The highest BCUT2D eigenvalue weighted by molar-refractivity contribution is 7.97. The minimum atomic E-state index is -3.85. The fourth-order valence-corrected chi connectivity index (χ4v) is 1.46. The summed E-state index contributed by atoms with van der Waals surface area (Å²) in [7, 11) is -3.85. The van der Waals surface area contributed by atoms with Crippen LogP contribution in [0, 0.1) is 0 Å². The third-order valence-electron chi connectivity index (χ3n) is 0.653. The zero-order chi connectivity index (χ0) is 9.07. The molecule has 0 spiro atoms. The number of hydrogen-bond donors (Lipinski definition) is 0. The van der Waals surface area contributed by atoms with E-state index in [0.29, 0.717) is 10.8 Å². The van der Waals surface area contributed by atoms with Gasteiger partial charge in [0.15, 0.2) is 9.84 Å². The molecular formula is C6H8F2O2S. The largest absolute Gasteiger partial charge is 0.220 e. The van der Waals surface area contributed by atoms with Gasteiger partial charge in [-0.2, -0.15) is 0 Å². The summed E-state index contributed by atoms with van der Waals surface area (Å²) in [5.41, 5.74) is 0. The highest BCUT2D eigenvalue weighted by Gasteiger charge is 2.03. The molecule has 0 aliphatic rings. The molecule has 0 unspecified atom stereocenters. The molecule has 0 saturated heterocycles. The second-order valence-corrected chi connectivity index (χ2v) is 3.65. The summed E-state index contributed by atoms with van der Waals surface area (Å²) in [6.45, 7) is 1.94. The van der Waals surface area contributed by atoms with E-state index in [0.717, 1.165) is 13.8 Å². The monoisotopic (exact) mass is 182 g/mol. The molecule has 5 heteroatoms. The summed E-state index contributed by atoms with van der Waals surface area (Å²) in [4.78, 5) is 0. The van der Waals surface area contributed by atoms with Crippen molar-refractivity contribution in [3.63, 3.8) is 0 Å². The van der Waals surface area contributed by atoms with Crippen LogP contribution in [-0.2, 0) is 9.84 Å². The first-order chi connectivity index (χ1) is 4.83. The van der Waals surface area contributed by atoms with Crippen LogP contribution >= 0.6 is 0 Å². The first kappa shape index (κ1) is 10.3. The topological polar surface area (TPSA) is 34.1 Å². The van der Waals surface area contributed by atoms with Gasteiger partial charge in [-0.05, 0) is 13.8 Å². The van der Waals surface area contributed by atoms with Crippen LogP contribution in [0.1, 0.15) is 13.8 Å². The molecule has 0 aliphatic heterocycles. The Morgan fingerprint density at radius 2 is 1.36 bits per heavy atom. The summed E-state index contributed by atoms with van der Waals surface area (Å²) in [5, 5.41) is 0.714. The van der Waals surface area contributed by atoms with E-state index in [2.05, 4.69) is 0 Å². The molecule has 64 valence electrons. The third kappa shape index (κ3) is 5.72. The Hall–Kier alpha value is -0.710. The fourth-order valence-electron chi connectivity index (χ4n) is 0.487. The van der Waals surface area contributed by atoms with Gasteiger partial charge in [0.05, 0.1) is 10.8 Å². The standard InChI is InChI=1S/C6H8F2O2S/c1-5(7)3-11(9,10)4-6(2)8/h3-4H,1-2H3. The molecule has 0 N–H and O–H groups in total. The molecular weight excluding hydrogens is 174 g/mol. The second-order valence-electron chi connectivity index (χ2n) is 2.00. The Labute approximate surface area is 64.1 Å². The SMILES string of the molecule is CC(F)=CS(=O)(=O)C=C(C)F. The summed E-state index contributed by atoms with van der Waals surface area (Å²) in [6.07, 6.45) is 0. The lowest BCUT2D eigenvalue weighted by Crippen LogP contribution is -1.89. The predicted molar refractivity (Wildman–Crippen MR) is 38.6 cm³/mol. The van der Waals surface area contributed by atoms with Crippen LogP contribution in [0.4, 0.5) is 8.78 Å². The van der Waals surface area contributed by atoms with E-state index in [-0.39, 0.29) is 0 Å². The van der Waals surface area contributed by atoms with E-state index in [4.69, 9.17) is 0 Å². The summed E-state index contributed by atoms with van der Waals surface area (Å²) in [6, 6.07) is 0. The molecule has 0 aromatic heterocycles. The van der Waals surface area contributed by atoms with Gasteiger partial charge in [0.2, 0.25) is 0 Å². The molecule has 2 nitrogen and oxygen atoms in total. The number of allylic oxidation sites excluding steroid dienone is 2. The molecule has 0 fully saturated rings. The molecule has 0 rings (SSSR count). The van der Waals surface area contributed by atoms with Crippen molar-refractivity contribution in [2.75, 3.05) is 0 Å². The van der Waals surface area contributed by atoms with E-state index in [9.17, 15) is 17.2 Å². The Morgan fingerprint density at radius 3 is 1.55 bits per heavy atom. The van der Waals surface area contributed by atoms with Crippen molar-refractivity contribution in [3.8, 4) is 0 Å². The van der Waals surface area contributed by atoms with Gasteiger partial charge >= 0.3 is 0 Å². The predicted octanol–water partition coefficient (Wildman–Crippen LogP) is 2.06. The first-order valence-electron chi connectivity index (χ1n) is 2.76. The average Bonchev–Trinajstić information content (AvgIpc) is 1.53. The van der Waals surface area contributed by atoms with E-state index in [1.54, 1.807) is 0 Å². The average molecular weight is 182 g/mol. The van der Waals surface area contributed by atoms with Gasteiger partial charge in [0, 0.05) is 0 Å². The minimum Gasteiger partial charge on any atom is -0.220 e. The third-order valence-corrected chi connectivity index (χ3v) is 1.96. The summed E-state index contributed by atoms with van der Waals surface area (Å²) < 4.78 is 45.2. The number of rotatable bonds is 2. The molecule has 0 heterocycles. The van der Waals surface area contributed by atoms with Gasteiger partial charge in [0.1, 0.15) is 11.7 Å². The van der Waals surface area contributed by atoms with Crippen molar-refractivity contribution in [3.05, 3.63) is 22.5 Å². The highest BCUT2D eigenvalue weighted by Crippen LogP contribution is 2.05. The van der Waals surface area contributed by atoms with E-state index in [1.807, 2.05) is 0 Å². The summed E-state index contributed by atoms with van der Waals surface area (Å²) >= 11 is 0. The van der Waals surface area contributed by atoms with Crippen molar-refractivity contribution in [2.45, 2.75) is 13.8 Å². The molecule has 0 aliphatic carbocycles. The van der Waals surface area contributed by atoms with Gasteiger partial charge in [-0.3, -0.25) is 0 Å². The molecule has 0 amide bonds. The van der Waals surface area contributed by atoms with Crippen molar-refractivity contribution in [1.82, 2.24) is 0 Å². The molecule has 0 atom stereocenters. The van der Waals surface area contributed by atoms with Crippen molar-refractivity contribution < 1.29 is 17.2 Å². The van der Waals surface area contributed by atoms with Gasteiger partial charge in [-0.25, -0.2) is 17.2 Å². The maximum absolute atomic E-state index is 12.0. The number of sulfone groups is 1. The van der Waals surface area contributed by atoms with Crippen LogP contribution in [0.2, 0.25) is 0 Å². The van der Waals surface area contributed by atoms with Crippen LogP contribution in [0.15, 0.2) is 22.5 Å². The van der Waals surface area contributed by atoms with Crippen LogP contribution in [-0.4, -0.2) is 8.42 Å². The zero-order valence-corrected chi connectivity index (χ0v) is 6.95. The minimum absolute atomic E-state index is 0.357. The smallest absolute Gasteiger partial charge is 0.198 e. The van der Waals surface area contributed by atoms with Gasteiger partial charge in [-0.15, -0.1) is 0 Å². The maximum Gasteiger partial charge on any atom is 0.198 e. The van der Waals surface area contributed by atoms with Crippen LogP contribution in [0.5, 0.6) is 0 Å². The van der Waals surface area contributed by atoms with Gasteiger partial charge < -0.3 is 0 Å². The molecule has 0 saturated carbocycles. The van der Waals surface area contributed by atoms with E-state index in [1.165, 1.54) is 0 Å². The first-order valence-corrected chi connectivity index (χ1v) is 4.37. The van der Waals surface area contributed by atoms with Gasteiger partial charge in [0.25, 0.3) is 0 Å². The van der Waals surface area contributed by atoms with Crippen LogP contribution in [0.3, 0.4) is 0 Å². The van der Waals surface area contributed by atoms with Crippen LogP contribution in [0.25, 0.3) is 0 Å². The number of hydrogen-bond acceptors (Lipinski definition) is 2. The second kappa shape index (κ2) is 3.61. The molecule has 0 bridgehead atoms. The van der Waals surface area contributed by atoms with Gasteiger partial charge in [-0.1, -0.05) is 0 Å².